The summed E-state index contributed by atoms with van der Waals surface area (Å²) in [6.45, 7) is 0. The van der Waals surface area contributed by atoms with Gasteiger partial charge in [-0.2, -0.15) is 0 Å². The Morgan fingerprint density at radius 2 is 2.12 bits per heavy atom. The molecular weight excluding hydrogens is 375 g/mol. The molecule has 17 heavy (non-hydrogen) atoms. The number of rotatable bonds is 2. The number of aromatic amines is 1. The lowest BCUT2D eigenvalue weighted by molar-refractivity contribution is 0.457. The predicted molar refractivity (Wildman–Crippen MR) is 71.8 cm³/mol. The lowest BCUT2D eigenvalue weighted by atomic mass is 10.3. The van der Waals surface area contributed by atoms with Crippen molar-refractivity contribution < 1.29 is 4.74 Å². The fourth-order valence-electron chi connectivity index (χ4n) is 1.10. The van der Waals surface area contributed by atoms with Crippen LogP contribution >= 0.6 is 43.5 Å². The van der Waals surface area contributed by atoms with Gasteiger partial charge < -0.3 is 9.72 Å². The van der Waals surface area contributed by atoms with Gasteiger partial charge in [0.25, 0.3) is 5.56 Å². The molecule has 1 N–H and O–H groups in total. The molecule has 1 heterocycles. The number of H-pyrrole nitrogens is 1. The third-order valence-electron chi connectivity index (χ3n) is 1.87. The molecule has 0 spiro atoms. The van der Waals surface area contributed by atoms with E-state index in [1.54, 1.807) is 18.2 Å². The van der Waals surface area contributed by atoms with Crippen molar-refractivity contribution in [2.75, 3.05) is 0 Å². The topological polar surface area (TPSA) is 55.0 Å². The van der Waals surface area contributed by atoms with Crippen LogP contribution in [0.3, 0.4) is 0 Å². The van der Waals surface area contributed by atoms with Crippen LogP contribution < -0.4 is 10.3 Å². The van der Waals surface area contributed by atoms with E-state index < -0.39 is 0 Å². The fourth-order valence-corrected chi connectivity index (χ4v) is 2.11. The van der Waals surface area contributed by atoms with Crippen LogP contribution in [0.25, 0.3) is 0 Å². The molecule has 1 aromatic carbocycles. The summed E-state index contributed by atoms with van der Waals surface area (Å²) in [6.07, 6.45) is 1.26. The first-order valence-electron chi connectivity index (χ1n) is 4.44. The second kappa shape index (κ2) is 5.20. The highest BCUT2D eigenvalue weighted by Crippen LogP contribution is 2.32. The van der Waals surface area contributed by atoms with Crippen molar-refractivity contribution in [3.63, 3.8) is 0 Å². The standard InChI is InChI=1S/C10H5Br2ClN2O2/c11-5-1-2-7(6(13)3-5)17-10-8(12)9(16)14-4-15-10/h1-4H,(H,14,15,16). The van der Waals surface area contributed by atoms with Gasteiger partial charge in [-0.05, 0) is 34.1 Å². The maximum atomic E-state index is 11.3. The molecule has 0 atom stereocenters. The van der Waals surface area contributed by atoms with Gasteiger partial charge in [-0.1, -0.05) is 27.5 Å². The van der Waals surface area contributed by atoms with Gasteiger partial charge in [0.1, 0.15) is 10.2 Å². The van der Waals surface area contributed by atoms with E-state index in [9.17, 15) is 4.79 Å². The van der Waals surface area contributed by atoms with E-state index in [0.717, 1.165) is 4.47 Å². The normalized spacial score (nSPS) is 10.3. The summed E-state index contributed by atoms with van der Waals surface area (Å²) in [7, 11) is 0. The molecule has 7 heteroatoms. The van der Waals surface area contributed by atoms with Crippen molar-refractivity contribution in [2.45, 2.75) is 0 Å². The van der Waals surface area contributed by atoms with E-state index in [1.807, 2.05) is 0 Å². The largest absolute Gasteiger partial charge is 0.436 e. The number of benzene rings is 1. The molecule has 0 fully saturated rings. The number of ether oxygens (including phenoxy) is 1. The Bertz CT molecular complexity index is 615. The summed E-state index contributed by atoms with van der Waals surface area (Å²) >= 11 is 12.4. The van der Waals surface area contributed by atoms with Gasteiger partial charge in [-0.15, -0.1) is 0 Å². The Hall–Kier alpha value is -0.850. The van der Waals surface area contributed by atoms with Crippen LogP contribution in [0.2, 0.25) is 5.02 Å². The number of aromatic nitrogens is 2. The third kappa shape index (κ3) is 2.88. The number of nitrogens with one attached hydrogen (secondary N) is 1. The molecule has 0 radical (unpaired) electrons. The number of hydrogen-bond acceptors (Lipinski definition) is 3. The van der Waals surface area contributed by atoms with E-state index in [1.165, 1.54) is 6.33 Å². The molecule has 0 saturated heterocycles. The van der Waals surface area contributed by atoms with Gasteiger partial charge >= 0.3 is 0 Å². The van der Waals surface area contributed by atoms with Crippen molar-refractivity contribution in [2.24, 2.45) is 0 Å². The van der Waals surface area contributed by atoms with E-state index in [4.69, 9.17) is 16.3 Å². The molecule has 0 saturated carbocycles. The molecule has 0 aliphatic heterocycles. The summed E-state index contributed by atoms with van der Waals surface area (Å²) in [5.41, 5.74) is -0.316. The molecule has 2 aromatic rings. The Balaban J connectivity index is 2.38. The quantitative estimate of drug-likeness (QED) is 0.864. The maximum absolute atomic E-state index is 11.3. The molecule has 0 unspecified atom stereocenters. The van der Waals surface area contributed by atoms with Gasteiger partial charge in [-0.25, -0.2) is 4.98 Å². The highest BCUT2D eigenvalue weighted by molar-refractivity contribution is 9.10. The van der Waals surface area contributed by atoms with Crippen molar-refractivity contribution in [3.05, 3.63) is 48.8 Å². The van der Waals surface area contributed by atoms with Crippen LogP contribution in [0.1, 0.15) is 0 Å². The zero-order valence-corrected chi connectivity index (χ0v) is 12.1. The highest BCUT2D eigenvalue weighted by atomic mass is 79.9. The zero-order valence-electron chi connectivity index (χ0n) is 8.21. The third-order valence-corrected chi connectivity index (χ3v) is 3.35. The summed E-state index contributed by atoms with van der Waals surface area (Å²) in [5, 5.41) is 0.424. The molecule has 2 rings (SSSR count). The van der Waals surface area contributed by atoms with E-state index >= 15 is 0 Å². The SMILES string of the molecule is O=c1[nH]cnc(Oc2ccc(Br)cc2Cl)c1Br. The van der Waals surface area contributed by atoms with E-state index in [-0.39, 0.29) is 15.9 Å². The van der Waals surface area contributed by atoms with Gasteiger partial charge in [0.05, 0.1) is 11.3 Å². The summed E-state index contributed by atoms with van der Waals surface area (Å²) in [6, 6.07) is 5.15. The maximum Gasteiger partial charge on any atom is 0.268 e. The summed E-state index contributed by atoms with van der Waals surface area (Å²) < 4.78 is 6.51. The van der Waals surface area contributed by atoms with Crippen LogP contribution in [-0.4, -0.2) is 9.97 Å². The number of nitrogens with zero attached hydrogens (tertiary/aromatic N) is 1. The molecule has 0 aliphatic carbocycles. The van der Waals surface area contributed by atoms with Gasteiger partial charge in [0, 0.05) is 4.47 Å². The molecule has 1 aromatic heterocycles. The molecule has 0 bridgehead atoms. The Kier molecular flexibility index (Phi) is 3.86. The Morgan fingerprint density at radius 3 is 2.82 bits per heavy atom. The first-order chi connectivity index (χ1) is 8.08. The minimum absolute atomic E-state index is 0.165. The van der Waals surface area contributed by atoms with Gasteiger partial charge in [0.2, 0.25) is 5.88 Å². The Morgan fingerprint density at radius 1 is 1.35 bits per heavy atom. The van der Waals surface area contributed by atoms with E-state index in [2.05, 4.69) is 41.8 Å². The average Bonchev–Trinajstić information content (AvgIpc) is 2.28. The van der Waals surface area contributed by atoms with E-state index in [0.29, 0.717) is 10.8 Å². The van der Waals surface area contributed by atoms with Crippen LogP contribution in [0.5, 0.6) is 11.6 Å². The minimum atomic E-state index is -0.316. The smallest absolute Gasteiger partial charge is 0.268 e. The summed E-state index contributed by atoms with van der Waals surface area (Å²) in [5.74, 6) is 0.589. The van der Waals surface area contributed by atoms with Crippen LogP contribution in [0, 0.1) is 0 Å². The molecule has 88 valence electrons. The lowest BCUT2D eigenvalue weighted by Gasteiger charge is -2.07. The monoisotopic (exact) mass is 378 g/mol. The second-order valence-corrected chi connectivity index (χ2v) is 5.14. The first-order valence-corrected chi connectivity index (χ1v) is 6.40. The van der Waals surface area contributed by atoms with Crippen LogP contribution in [0.4, 0.5) is 0 Å². The van der Waals surface area contributed by atoms with Crippen molar-refractivity contribution in [3.8, 4) is 11.6 Å². The number of halogens is 3. The predicted octanol–water partition coefficient (Wildman–Crippen LogP) is 3.74. The lowest BCUT2D eigenvalue weighted by Crippen LogP contribution is -2.08. The zero-order chi connectivity index (χ0) is 12.4. The Labute approximate surface area is 118 Å². The van der Waals surface area contributed by atoms with Crippen LogP contribution in [0.15, 0.2) is 38.3 Å². The highest BCUT2D eigenvalue weighted by Gasteiger charge is 2.10. The molecule has 4 nitrogen and oxygen atoms in total. The average molecular weight is 380 g/mol. The number of hydrogen-bond donors (Lipinski definition) is 1. The van der Waals surface area contributed by atoms with Crippen molar-refractivity contribution in [1.29, 1.82) is 0 Å². The van der Waals surface area contributed by atoms with Crippen molar-refractivity contribution in [1.82, 2.24) is 9.97 Å². The molecular formula is C10H5Br2ClN2O2. The summed E-state index contributed by atoms with van der Waals surface area (Å²) in [4.78, 5) is 17.6. The fraction of sp³-hybridized carbons (Fsp3) is 0. The van der Waals surface area contributed by atoms with Gasteiger partial charge in [0.15, 0.2) is 0 Å². The minimum Gasteiger partial charge on any atom is -0.436 e. The van der Waals surface area contributed by atoms with Crippen molar-refractivity contribution >= 4 is 43.5 Å². The molecule has 0 aliphatic rings. The van der Waals surface area contributed by atoms with Gasteiger partial charge in [-0.3, -0.25) is 4.79 Å². The molecule has 0 amide bonds. The van der Waals surface area contributed by atoms with Crippen LogP contribution in [-0.2, 0) is 0 Å². The second-order valence-electron chi connectivity index (χ2n) is 3.03. The first kappa shape index (κ1) is 12.6.